The van der Waals surface area contributed by atoms with E-state index in [9.17, 15) is 18.9 Å². The largest absolute Gasteiger partial charge is 0.530 e. The van der Waals surface area contributed by atoms with Crippen LogP contribution in [0.3, 0.4) is 0 Å². The molecule has 2 aliphatic rings. The van der Waals surface area contributed by atoms with Gasteiger partial charge in [-0.1, -0.05) is 18.2 Å². The normalized spacial score (nSPS) is 31.9. The van der Waals surface area contributed by atoms with Gasteiger partial charge in [0.15, 0.2) is 6.17 Å². The molecule has 3 heterocycles. The number of nitrogens with two attached hydrogens (primary N) is 1. The number of hydrogen-bond acceptors (Lipinski definition) is 9. The molecule has 1 unspecified atom stereocenters. The van der Waals surface area contributed by atoms with Gasteiger partial charge >= 0.3 is 13.5 Å². The van der Waals surface area contributed by atoms with Crippen molar-refractivity contribution in [1.82, 2.24) is 9.55 Å². The lowest BCUT2D eigenvalue weighted by Crippen LogP contribution is -2.33. The minimum absolute atomic E-state index is 0.0186. The molecule has 0 bridgehead atoms. The van der Waals surface area contributed by atoms with Crippen LogP contribution >= 0.6 is 19.6 Å². The van der Waals surface area contributed by atoms with Crippen LogP contribution in [-0.4, -0.2) is 38.8 Å². The third-order valence-electron chi connectivity index (χ3n) is 4.38. The summed E-state index contributed by atoms with van der Waals surface area (Å²) in [6.07, 6.45) is -1.88. The first-order chi connectivity index (χ1) is 13.4. The van der Waals surface area contributed by atoms with E-state index in [1.165, 1.54) is 12.3 Å². The van der Waals surface area contributed by atoms with Crippen LogP contribution in [0.2, 0.25) is 0 Å². The number of aliphatic hydroxyl groups excluding tert-OH is 1. The molecule has 5 atom stereocenters. The van der Waals surface area contributed by atoms with Crippen molar-refractivity contribution in [3.63, 3.8) is 0 Å². The van der Waals surface area contributed by atoms with Crippen molar-refractivity contribution < 1.29 is 27.6 Å². The first-order valence-electron chi connectivity index (χ1n) is 8.35. The lowest BCUT2D eigenvalue weighted by atomic mass is 10.1. The van der Waals surface area contributed by atoms with E-state index in [1.54, 1.807) is 24.3 Å². The zero-order chi connectivity index (χ0) is 19.9. The molecule has 2 aliphatic heterocycles. The van der Waals surface area contributed by atoms with Gasteiger partial charge in [0, 0.05) is 11.8 Å². The Hall–Kier alpha value is -1.91. The Kier molecular flexibility index (Phi) is 5.19. The van der Waals surface area contributed by atoms with Crippen LogP contribution in [0.5, 0.6) is 5.75 Å². The molecule has 0 saturated carbocycles. The van der Waals surface area contributed by atoms with Crippen molar-refractivity contribution in [2.75, 3.05) is 12.3 Å². The fourth-order valence-electron chi connectivity index (χ4n) is 2.92. The second-order valence-electron chi connectivity index (χ2n) is 6.26. The van der Waals surface area contributed by atoms with Crippen LogP contribution in [0.1, 0.15) is 10.9 Å². The number of anilines is 1. The first-order valence-corrected chi connectivity index (χ1v) is 10.8. The number of thioether (sulfide) groups is 1. The molecule has 28 heavy (non-hydrogen) atoms. The Morgan fingerprint density at radius 3 is 3.00 bits per heavy atom. The maximum Gasteiger partial charge on any atom is 0.530 e. The number of benzene rings is 1. The molecule has 0 radical (unpaired) electrons. The van der Waals surface area contributed by atoms with Gasteiger partial charge in [-0.3, -0.25) is 13.6 Å². The molecule has 12 heteroatoms. The Labute approximate surface area is 163 Å². The molecule has 3 N–H and O–H groups in total. The molecule has 4 rings (SSSR count). The molecular weight excluding hydrogens is 412 g/mol. The van der Waals surface area contributed by atoms with E-state index >= 15 is 0 Å². The molecule has 0 amide bonds. The highest BCUT2D eigenvalue weighted by Crippen LogP contribution is 2.55. The van der Waals surface area contributed by atoms with E-state index < -0.39 is 36.4 Å². The third kappa shape index (κ3) is 3.68. The zero-order valence-corrected chi connectivity index (χ0v) is 16.1. The molecule has 0 spiro atoms. The van der Waals surface area contributed by atoms with Crippen molar-refractivity contribution in [3.05, 3.63) is 52.6 Å². The Morgan fingerprint density at radius 2 is 2.21 bits per heavy atom. The molecule has 9 nitrogen and oxygen atoms in total. The summed E-state index contributed by atoms with van der Waals surface area (Å²) >= 11 is 0.973. The van der Waals surface area contributed by atoms with Crippen LogP contribution < -0.4 is 15.9 Å². The van der Waals surface area contributed by atoms with E-state index in [1.807, 2.05) is 0 Å². The number of nitrogens with zero attached hydrogens (tertiary/aromatic N) is 2. The minimum atomic E-state index is -3.90. The SMILES string of the molecule is Nc1ccn([C@@H]2S[C@H](COP3(=O)OCc4ccccc4O3)[C@@H](O)[C@@H]2F)c(=O)n1. The Morgan fingerprint density at radius 1 is 1.43 bits per heavy atom. The van der Waals surface area contributed by atoms with Gasteiger partial charge < -0.3 is 15.4 Å². The summed E-state index contributed by atoms with van der Waals surface area (Å²) in [6.45, 7) is -0.242. The molecule has 1 aromatic heterocycles. The van der Waals surface area contributed by atoms with Crippen LogP contribution in [0, 0.1) is 0 Å². The predicted molar refractivity (Wildman–Crippen MR) is 99.6 cm³/mol. The summed E-state index contributed by atoms with van der Waals surface area (Å²) in [6, 6.07) is 8.29. The van der Waals surface area contributed by atoms with Gasteiger partial charge in [0.25, 0.3) is 0 Å². The number of halogens is 1. The molecule has 1 aromatic carbocycles. The van der Waals surface area contributed by atoms with Crippen LogP contribution in [0.4, 0.5) is 10.2 Å². The zero-order valence-electron chi connectivity index (χ0n) is 14.4. The van der Waals surface area contributed by atoms with Gasteiger partial charge in [0.2, 0.25) is 0 Å². The fourth-order valence-corrected chi connectivity index (χ4v) is 5.68. The van der Waals surface area contributed by atoms with Gasteiger partial charge in [-0.2, -0.15) is 4.98 Å². The standard InChI is InChI=1S/C16H17FN3O6PS/c17-13-14(21)11(28-15(13)20-6-5-12(18)19-16(20)22)8-25-27(23)24-7-9-3-1-2-4-10(9)26-27/h1-6,11,13-15,21H,7-8H2,(H2,18,19,22)/t11-,13+,14-,15-,27?/m1/s1. The molecule has 1 fully saturated rings. The topological polar surface area (TPSA) is 126 Å². The number of aliphatic hydroxyl groups is 1. The molecule has 2 aromatic rings. The van der Waals surface area contributed by atoms with Crippen LogP contribution in [0.25, 0.3) is 0 Å². The van der Waals surface area contributed by atoms with Crippen molar-refractivity contribution >= 4 is 25.4 Å². The molecule has 0 aliphatic carbocycles. The monoisotopic (exact) mass is 429 g/mol. The Balaban J connectivity index is 1.44. The number of phosphoric ester groups is 1. The maximum atomic E-state index is 14.6. The van der Waals surface area contributed by atoms with Crippen molar-refractivity contribution in [2.45, 2.75) is 29.5 Å². The summed E-state index contributed by atoms with van der Waals surface area (Å²) < 4.78 is 44.1. The van der Waals surface area contributed by atoms with Gasteiger partial charge in [-0.05, 0) is 12.1 Å². The average molecular weight is 429 g/mol. The van der Waals surface area contributed by atoms with Gasteiger partial charge in [0.05, 0.1) is 18.5 Å². The lowest BCUT2D eigenvalue weighted by molar-refractivity contribution is 0.0579. The highest BCUT2D eigenvalue weighted by molar-refractivity contribution is 8.00. The number of nitrogen functional groups attached to an aromatic ring is 1. The van der Waals surface area contributed by atoms with Crippen LogP contribution in [-0.2, 0) is 20.2 Å². The number of phosphoric acid groups is 1. The number of alkyl halides is 1. The maximum absolute atomic E-state index is 14.6. The fraction of sp³-hybridized carbons (Fsp3) is 0.375. The summed E-state index contributed by atoms with van der Waals surface area (Å²) in [5.41, 5.74) is 5.44. The quantitative estimate of drug-likeness (QED) is 0.701. The van der Waals surface area contributed by atoms with Gasteiger partial charge in [-0.15, -0.1) is 11.8 Å². The van der Waals surface area contributed by atoms with E-state index in [2.05, 4.69) is 4.98 Å². The smallest absolute Gasteiger partial charge is 0.404 e. The predicted octanol–water partition coefficient (Wildman–Crippen LogP) is 1.87. The molecular formula is C16H17FN3O6PS. The number of hydrogen-bond donors (Lipinski definition) is 2. The second kappa shape index (κ2) is 7.49. The number of rotatable bonds is 4. The van der Waals surface area contributed by atoms with Crippen molar-refractivity contribution in [1.29, 1.82) is 0 Å². The first kappa shape index (κ1) is 19.4. The van der Waals surface area contributed by atoms with E-state index in [0.29, 0.717) is 5.75 Å². The van der Waals surface area contributed by atoms with Crippen molar-refractivity contribution in [3.8, 4) is 5.75 Å². The van der Waals surface area contributed by atoms with Gasteiger partial charge in [-0.25, -0.2) is 13.8 Å². The molecule has 1 saturated heterocycles. The minimum Gasteiger partial charge on any atom is -0.404 e. The highest BCUT2D eigenvalue weighted by atomic mass is 32.2. The summed E-state index contributed by atoms with van der Waals surface area (Å²) in [5, 5.41) is 8.39. The average Bonchev–Trinajstić information content (AvgIpc) is 2.95. The van der Waals surface area contributed by atoms with E-state index in [-0.39, 0.29) is 19.0 Å². The summed E-state index contributed by atoms with van der Waals surface area (Å²) in [7, 11) is -3.90. The Bertz CT molecular complexity index is 991. The number of para-hydroxylation sites is 1. The second-order valence-corrected chi connectivity index (χ2v) is 9.21. The van der Waals surface area contributed by atoms with E-state index in [0.717, 1.165) is 21.9 Å². The number of aromatic nitrogens is 2. The third-order valence-corrected chi connectivity index (χ3v) is 7.24. The summed E-state index contributed by atoms with van der Waals surface area (Å²) in [5.74, 6) is 0.405. The highest BCUT2D eigenvalue weighted by Gasteiger charge is 2.47. The molecule has 150 valence electrons. The van der Waals surface area contributed by atoms with Crippen LogP contribution in [0.15, 0.2) is 41.3 Å². The lowest BCUT2D eigenvalue weighted by Gasteiger charge is -2.25. The van der Waals surface area contributed by atoms with Crippen molar-refractivity contribution in [2.24, 2.45) is 0 Å². The van der Waals surface area contributed by atoms with Gasteiger partial charge in [0.1, 0.15) is 23.0 Å². The number of fused-ring (bicyclic) bond motifs is 1. The summed E-state index contributed by atoms with van der Waals surface area (Å²) in [4.78, 5) is 15.5. The van der Waals surface area contributed by atoms with E-state index in [4.69, 9.17) is 19.3 Å².